The third-order valence-corrected chi connectivity index (χ3v) is 4.75. The van der Waals surface area contributed by atoms with Gasteiger partial charge in [0.2, 0.25) is 0 Å². The third-order valence-electron chi connectivity index (χ3n) is 3.80. The predicted molar refractivity (Wildman–Crippen MR) is 113 cm³/mol. The van der Waals surface area contributed by atoms with Gasteiger partial charge < -0.3 is 9.47 Å². The van der Waals surface area contributed by atoms with Crippen LogP contribution in [0.5, 0.6) is 11.5 Å². The molecule has 0 bridgehead atoms. The summed E-state index contributed by atoms with van der Waals surface area (Å²) >= 11 is 6.74. The van der Waals surface area contributed by atoms with E-state index >= 15 is 0 Å². The number of aryl methyl sites for hydroxylation is 1. The Hall–Kier alpha value is -2.52. The van der Waals surface area contributed by atoms with Crippen molar-refractivity contribution >= 4 is 54.9 Å². The molecule has 144 valence electrons. The maximum Gasteiger partial charge on any atom is 0.308 e. The van der Waals surface area contributed by atoms with E-state index in [-0.39, 0.29) is 11.3 Å². The molecule has 0 atom stereocenters. The Kier molecular flexibility index (Phi) is 5.95. The summed E-state index contributed by atoms with van der Waals surface area (Å²) < 4.78 is 13.2. The number of rotatable bonds is 4. The Balaban J connectivity index is 2.15. The molecule has 0 aliphatic heterocycles. The zero-order chi connectivity index (χ0) is 20.4. The molecule has 7 nitrogen and oxygen atoms in total. The second-order valence-electron chi connectivity index (χ2n) is 5.80. The second-order valence-corrected chi connectivity index (χ2v) is 7.63. The summed E-state index contributed by atoms with van der Waals surface area (Å²) in [5, 5.41) is 4.71. The van der Waals surface area contributed by atoms with Crippen molar-refractivity contribution in [3.05, 3.63) is 61.0 Å². The first kappa shape index (κ1) is 20.2. The van der Waals surface area contributed by atoms with Crippen molar-refractivity contribution in [2.24, 2.45) is 5.10 Å². The Morgan fingerprint density at radius 1 is 1.21 bits per heavy atom. The first-order chi connectivity index (χ1) is 13.3. The van der Waals surface area contributed by atoms with E-state index in [9.17, 15) is 9.59 Å². The summed E-state index contributed by atoms with van der Waals surface area (Å²) in [5.74, 6) is 0.493. The van der Waals surface area contributed by atoms with E-state index in [1.807, 2.05) is 6.07 Å². The topological polar surface area (TPSA) is 82.8 Å². The number of aromatic nitrogens is 2. The molecule has 0 fully saturated rings. The monoisotopic (exact) mass is 507 g/mol. The first-order valence-electron chi connectivity index (χ1n) is 8.09. The highest BCUT2D eigenvalue weighted by molar-refractivity contribution is 9.10. The summed E-state index contributed by atoms with van der Waals surface area (Å²) in [7, 11) is 1.47. The largest absolute Gasteiger partial charge is 0.493 e. The Labute approximate surface area is 177 Å². The van der Waals surface area contributed by atoms with Crippen LogP contribution in [-0.2, 0) is 4.79 Å². The quantitative estimate of drug-likeness (QED) is 0.301. The molecule has 1 heterocycles. The molecule has 0 saturated heterocycles. The van der Waals surface area contributed by atoms with Crippen LogP contribution >= 0.6 is 31.9 Å². The molecule has 0 spiro atoms. The minimum Gasteiger partial charge on any atom is -0.493 e. The van der Waals surface area contributed by atoms with Gasteiger partial charge >= 0.3 is 5.97 Å². The van der Waals surface area contributed by atoms with Crippen molar-refractivity contribution in [3.63, 3.8) is 0 Å². The number of fused-ring (bicyclic) bond motifs is 1. The van der Waals surface area contributed by atoms with E-state index in [0.29, 0.717) is 32.5 Å². The van der Waals surface area contributed by atoms with E-state index in [0.717, 1.165) is 4.47 Å². The minimum absolute atomic E-state index is 0.212. The van der Waals surface area contributed by atoms with Gasteiger partial charge in [-0.15, -0.1) is 0 Å². The average molecular weight is 509 g/mol. The van der Waals surface area contributed by atoms with Gasteiger partial charge in [0, 0.05) is 21.4 Å². The highest BCUT2D eigenvalue weighted by atomic mass is 79.9. The number of hydrogen-bond acceptors (Lipinski definition) is 6. The summed E-state index contributed by atoms with van der Waals surface area (Å²) in [4.78, 5) is 28.7. The standard InChI is InChI=1S/C19H15Br2N3O4/c1-10-23-16-5-4-13(20)7-15(16)19(26)24(10)22-9-12-6-14(21)8-17(27-3)18(12)28-11(2)25/h4-9H,1-3H3. The smallest absolute Gasteiger partial charge is 0.308 e. The van der Waals surface area contributed by atoms with Crippen molar-refractivity contribution < 1.29 is 14.3 Å². The molecule has 0 N–H and O–H groups in total. The van der Waals surface area contributed by atoms with Crippen LogP contribution in [0.15, 0.2) is 49.2 Å². The lowest BCUT2D eigenvalue weighted by Gasteiger charge is -2.12. The molecule has 0 amide bonds. The van der Waals surface area contributed by atoms with Gasteiger partial charge in [-0.3, -0.25) is 9.59 Å². The van der Waals surface area contributed by atoms with E-state index < -0.39 is 5.97 Å². The van der Waals surface area contributed by atoms with Crippen LogP contribution in [-0.4, -0.2) is 29.0 Å². The lowest BCUT2D eigenvalue weighted by Crippen LogP contribution is -2.20. The second kappa shape index (κ2) is 8.24. The Morgan fingerprint density at radius 2 is 1.96 bits per heavy atom. The summed E-state index contributed by atoms with van der Waals surface area (Å²) in [5.41, 5.74) is 0.736. The van der Waals surface area contributed by atoms with Gasteiger partial charge in [0.05, 0.1) is 24.2 Å². The average Bonchev–Trinajstić information content (AvgIpc) is 2.63. The molecule has 3 rings (SSSR count). The highest BCUT2D eigenvalue weighted by Gasteiger charge is 2.14. The van der Waals surface area contributed by atoms with Gasteiger partial charge in [-0.25, -0.2) is 4.98 Å². The maximum atomic E-state index is 12.8. The number of ether oxygens (including phenoxy) is 2. The van der Waals surface area contributed by atoms with Crippen molar-refractivity contribution in [1.29, 1.82) is 0 Å². The molecule has 1 aromatic heterocycles. The number of hydrogen-bond donors (Lipinski definition) is 0. The number of carbonyl (C=O) groups excluding carboxylic acids is 1. The molecule has 0 unspecified atom stereocenters. The third kappa shape index (κ3) is 4.15. The van der Waals surface area contributed by atoms with E-state index in [1.165, 1.54) is 24.9 Å². The number of halogens is 2. The Bertz CT molecular complexity index is 1170. The van der Waals surface area contributed by atoms with Gasteiger partial charge in [0.1, 0.15) is 5.82 Å². The Morgan fingerprint density at radius 3 is 2.64 bits per heavy atom. The van der Waals surface area contributed by atoms with E-state index in [4.69, 9.17) is 9.47 Å². The normalized spacial score (nSPS) is 11.2. The zero-order valence-electron chi connectivity index (χ0n) is 15.2. The van der Waals surface area contributed by atoms with Crippen LogP contribution in [0, 0.1) is 6.92 Å². The van der Waals surface area contributed by atoms with Crippen LogP contribution in [0.2, 0.25) is 0 Å². The molecule has 0 radical (unpaired) electrons. The number of esters is 1. The lowest BCUT2D eigenvalue weighted by molar-refractivity contribution is -0.132. The van der Waals surface area contributed by atoms with E-state index in [1.54, 1.807) is 31.2 Å². The SMILES string of the molecule is COc1cc(Br)cc(C=Nn2c(C)nc3ccc(Br)cc3c2=O)c1OC(C)=O. The van der Waals surface area contributed by atoms with Gasteiger partial charge in [-0.2, -0.15) is 9.78 Å². The molecular formula is C19H15Br2N3O4. The summed E-state index contributed by atoms with van der Waals surface area (Å²) in [6.07, 6.45) is 1.42. The van der Waals surface area contributed by atoms with Crippen LogP contribution in [0.1, 0.15) is 18.3 Å². The van der Waals surface area contributed by atoms with Gasteiger partial charge in [0.25, 0.3) is 5.56 Å². The predicted octanol–water partition coefficient (Wildman–Crippen LogP) is 4.05. The molecule has 0 aliphatic carbocycles. The van der Waals surface area contributed by atoms with Gasteiger partial charge in [0.15, 0.2) is 11.5 Å². The number of methoxy groups -OCH3 is 1. The van der Waals surface area contributed by atoms with E-state index in [2.05, 4.69) is 41.9 Å². The lowest BCUT2D eigenvalue weighted by atomic mass is 10.2. The summed E-state index contributed by atoms with van der Waals surface area (Å²) in [6.45, 7) is 2.98. The fourth-order valence-electron chi connectivity index (χ4n) is 2.60. The molecule has 2 aromatic carbocycles. The fourth-order valence-corrected chi connectivity index (χ4v) is 3.42. The van der Waals surface area contributed by atoms with Crippen LogP contribution < -0.4 is 15.0 Å². The minimum atomic E-state index is -0.499. The van der Waals surface area contributed by atoms with Crippen LogP contribution in [0.25, 0.3) is 10.9 Å². The molecule has 0 saturated carbocycles. The summed E-state index contributed by atoms with van der Waals surface area (Å²) in [6, 6.07) is 8.65. The van der Waals surface area contributed by atoms with Crippen LogP contribution in [0.4, 0.5) is 0 Å². The number of carbonyl (C=O) groups is 1. The fraction of sp³-hybridized carbons (Fsp3) is 0.158. The highest BCUT2D eigenvalue weighted by Crippen LogP contribution is 2.34. The molecule has 9 heteroatoms. The van der Waals surface area contributed by atoms with Crippen LogP contribution in [0.3, 0.4) is 0 Å². The van der Waals surface area contributed by atoms with Gasteiger partial charge in [-0.1, -0.05) is 31.9 Å². The number of benzene rings is 2. The van der Waals surface area contributed by atoms with Crippen molar-refractivity contribution in [2.75, 3.05) is 7.11 Å². The zero-order valence-corrected chi connectivity index (χ0v) is 18.4. The molecule has 3 aromatic rings. The van der Waals surface area contributed by atoms with Gasteiger partial charge in [-0.05, 0) is 37.3 Å². The van der Waals surface area contributed by atoms with Crippen molar-refractivity contribution in [3.8, 4) is 11.5 Å². The molecule has 0 aliphatic rings. The molecule has 28 heavy (non-hydrogen) atoms. The first-order valence-corrected chi connectivity index (χ1v) is 9.68. The number of nitrogens with zero attached hydrogens (tertiary/aromatic N) is 3. The van der Waals surface area contributed by atoms with Crippen molar-refractivity contribution in [1.82, 2.24) is 9.66 Å². The van der Waals surface area contributed by atoms with Crippen molar-refractivity contribution in [2.45, 2.75) is 13.8 Å². The molecular weight excluding hydrogens is 494 g/mol. The maximum absolute atomic E-state index is 12.8.